The minimum Gasteiger partial charge on any atom is -0.270 e. The normalized spacial score (nSPS) is 11.3. The Bertz CT molecular complexity index is 1420. The van der Waals surface area contributed by atoms with E-state index in [9.17, 15) is 4.79 Å². The molecule has 154 valence electrons. The van der Waals surface area contributed by atoms with Gasteiger partial charge in [0.15, 0.2) is 15.9 Å². The second-order valence-corrected chi connectivity index (χ2v) is 9.09. The van der Waals surface area contributed by atoms with Crippen LogP contribution in [0.3, 0.4) is 0 Å². The molecule has 0 amide bonds. The van der Waals surface area contributed by atoms with Gasteiger partial charge in [0.25, 0.3) is 5.56 Å². The van der Waals surface area contributed by atoms with Crippen LogP contribution in [0.15, 0.2) is 76.1 Å². The number of hydrogen-bond acceptors (Lipinski definition) is 6. The van der Waals surface area contributed by atoms with E-state index in [2.05, 4.69) is 82.1 Å². The van der Waals surface area contributed by atoms with Gasteiger partial charge in [0, 0.05) is 34.6 Å². The lowest BCUT2D eigenvalue weighted by atomic mass is 10.1. The zero-order valence-corrected chi connectivity index (χ0v) is 18.7. The highest BCUT2D eigenvalue weighted by atomic mass is 32.2. The summed E-state index contributed by atoms with van der Waals surface area (Å²) in [6.07, 6.45) is 1.74. The highest BCUT2D eigenvalue weighted by Gasteiger charge is 2.17. The summed E-state index contributed by atoms with van der Waals surface area (Å²) in [6.45, 7) is 4.13. The fraction of sp³-hybridized carbons (Fsp3) is 0.130. The van der Waals surface area contributed by atoms with E-state index in [-0.39, 0.29) is 5.56 Å². The fourth-order valence-corrected chi connectivity index (χ4v) is 4.86. The van der Waals surface area contributed by atoms with Crippen LogP contribution in [0.2, 0.25) is 0 Å². The molecule has 0 aliphatic carbocycles. The Kier molecular flexibility index (Phi) is 5.17. The molecule has 0 bridgehead atoms. The molecule has 0 N–H and O–H groups in total. The monoisotopic (exact) mass is 445 g/mol. The molecule has 0 aliphatic heterocycles. The summed E-state index contributed by atoms with van der Waals surface area (Å²) >= 11 is 2.97. The summed E-state index contributed by atoms with van der Waals surface area (Å²) in [5.41, 5.74) is 5.05. The lowest BCUT2D eigenvalue weighted by molar-refractivity contribution is 0.884. The van der Waals surface area contributed by atoms with Crippen LogP contribution in [0.25, 0.3) is 22.0 Å². The van der Waals surface area contributed by atoms with Gasteiger partial charge in [-0.3, -0.25) is 13.8 Å². The summed E-state index contributed by atoms with van der Waals surface area (Å²) < 4.78 is 3.62. The number of aryl methyl sites for hydroxylation is 2. The Morgan fingerprint density at radius 3 is 2.42 bits per heavy atom. The van der Waals surface area contributed by atoms with Crippen molar-refractivity contribution in [2.45, 2.75) is 24.8 Å². The van der Waals surface area contributed by atoms with Gasteiger partial charge in [-0.25, -0.2) is 4.98 Å². The second kappa shape index (κ2) is 8.13. The van der Waals surface area contributed by atoms with Gasteiger partial charge in [0.05, 0.1) is 5.69 Å². The van der Waals surface area contributed by atoms with Crippen molar-refractivity contribution < 1.29 is 0 Å². The Morgan fingerprint density at radius 2 is 1.68 bits per heavy atom. The maximum atomic E-state index is 12.3. The number of benzene rings is 2. The van der Waals surface area contributed by atoms with E-state index >= 15 is 0 Å². The number of thioether (sulfide) groups is 1. The van der Waals surface area contributed by atoms with Crippen molar-refractivity contribution in [3.05, 3.63) is 93.3 Å². The Morgan fingerprint density at radius 1 is 0.968 bits per heavy atom. The summed E-state index contributed by atoms with van der Waals surface area (Å²) in [7, 11) is 0. The molecule has 0 fully saturated rings. The summed E-state index contributed by atoms with van der Waals surface area (Å²) in [6, 6.07) is 18.2. The fourth-order valence-electron chi connectivity index (χ4n) is 3.28. The van der Waals surface area contributed by atoms with E-state index in [1.807, 2.05) is 5.38 Å². The lowest BCUT2D eigenvalue weighted by Gasteiger charge is -2.11. The molecule has 2 aromatic carbocycles. The summed E-state index contributed by atoms with van der Waals surface area (Å²) in [5, 5.41) is 11.6. The maximum absolute atomic E-state index is 12.3. The average molecular weight is 446 g/mol. The molecule has 3 heterocycles. The number of nitrogens with zero attached hydrogens (tertiary/aromatic N) is 5. The molecule has 0 aliphatic rings. The molecular formula is C23H19N5OS2. The van der Waals surface area contributed by atoms with Crippen molar-refractivity contribution in [1.29, 1.82) is 0 Å². The zero-order chi connectivity index (χ0) is 21.4. The van der Waals surface area contributed by atoms with Gasteiger partial charge < -0.3 is 0 Å². The first-order valence-electron chi connectivity index (χ1n) is 9.76. The van der Waals surface area contributed by atoms with E-state index in [0.29, 0.717) is 10.7 Å². The van der Waals surface area contributed by atoms with E-state index in [0.717, 1.165) is 27.9 Å². The van der Waals surface area contributed by atoms with Crippen molar-refractivity contribution in [2.24, 2.45) is 0 Å². The Labute approximate surface area is 187 Å². The third-order valence-corrected chi connectivity index (χ3v) is 6.66. The van der Waals surface area contributed by atoms with Gasteiger partial charge in [-0.15, -0.1) is 21.5 Å². The molecule has 6 nitrogen and oxygen atoms in total. The van der Waals surface area contributed by atoms with Gasteiger partial charge in [-0.1, -0.05) is 59.3 Å². The van der Waals surface area contributed by atoms with Crippen molar-refractivity contribution >= 4 is 28.1 Å². The topological polar surface area (TPSA) is 65.1 Å². The predicted molar refractivity (Wildman–Crippen MR) is 125 cm³/mol. The highest BCUT2D eigenvalue weighted by Crippen LogP contribution is 2.29. The SMILES string of the molecule is Cc1ccc(-c2nnc(SCc3cc(=O)n4ccsc4n3)n2-c2ccc(C)cc2)cc1. The Hall–Kier alpha value is -3.23. The standard InChI is InChI=1S/C23H19N5OS2/c1-15-3-7-17(8-4-15)21-25-26-23(28(21)19-9-5-16(2)6-10-19)31-14-18-13-20(29)27-11-12-30-22(27)24-18/h3-13H,14H2,1-2H3. The second-order valence-electron chi connectivity index (χ2n) is 7.27. The average Bonchev–Trinajstić information content (AvgIpc) is 3.41. The zero-order valence-electron chi connectivity index (χ0n) is 17.0. The Balaban J connectivity index is 1.53. The van der Waals surface area contributed by atoms with Crippen molar-refractivity contribution in [1.82, 2.24) is 24.1 Å². The van der Waals surface area contributed by atoms with Crippen molar-refractivity contribution in [2.75, 3.05) is 0 Å². The van der Waals surface area contributed by atoms with Crippen LogP contribution in [0, 0.1) is 13.8 Å². The van der Waals surface area contributed by atoms with Crippen LogP contribution in [-0.4, -0.2) is 24.1 Å². The van der Waals surface area contributed by atoms with Crippen LogP contribution in [0.5, 0.6) is 0 Å². The molecular weight excluding hydrogens is 426 g/mol. The first kappa shape index (κ1) is 19.7. The molecule has 0 saturated heterocycles. The lowest BCUT2D eigenvalue weighted by Crippen LogP contribution is -2.12. The van der Waals surface area contributed by atoms with E-state index in [1.165, 1.54) is 34.2 Å². The number of aromatic nitrogens is 5. The van der Waals surface area contributed by atoms with Crippen molar-refractivity contribution in [3.63, 3.8) is 0 Å². The van der Waals surface area contributed by atoms with E-state index < -0.39 is 0 Å². The van der Waals surface area contributed by atoms with Crippen molar-refractivity contribution in [3.8, 4) is 17.1 Å². The number of rotatable bonds is 5. The van der Waals surface area contributed by atoms with Crippen LogP contribution in [0.1, 0.15) is 16.8 Å². The number of fused-ring (bicyclic) bond motifs is 1. The smallest absolute Gasteiger partial charge is 0.258 e. The third kappa shape index (κ3) is 3.92. The quantitative estimate of drug-likeness (QED) is 0.360. The number of hydrogen-bond donors (Lipinski definition) is 0. The third-order valence-electron chi connectivity index (χ3n) is 4.94. The molecule has 31 heavy (non-hydrogen) atoms. The van der Waals surface area contributed by atoms with Gasteiger partial charge in [-0.05, 0) is 26.0 Å². The molecule has 0 unspecified atom stereocenters. The predicted octanol–water partition coefficient (Wildman–Crippen LogP) is 4.91. The molecule has 5 aromatic rings. The minimum atomic E-state index is -0.0674. The van der Waals surface area contributed by atoms with Gasteiger partial charge in [0.1, 0.15) is 0 Å². The molecule has 0 spiro atoms. The molecule has 0 atom stereocenters. The molecule has 8 heteroatoms. The molecule has 3 aromatic heterocycles. The van der Waals surface area contributed by atoms with E-state index in [4.69, 9.17) is 0 Å². The van der Waals surface area contributed by atoms with Gasteiger partial charge in [-0.2, -0.15) is 0 Å². The highest BCUT2D eigenvalue weighted by molar-refractivity contribution is 7.98. The molecule has 0 saturated carbocycles. The molecule has 5 rings (SSSR count). The summed E-state index contributed by atoms with van der Waals surface area (Å²) in [5.74, 6) is 1.31. The van der Waals surface area contributed by atoms with E-state index in [1.54, 1.807) is 16.7 Å². The van der Waals surface area contributed by atoms with Crippen LogP contribution < -0.4 is 5.56 Å². The van der Waals surface area contributed by atoms with Gasteiger partial charge in [0.2, 0.25) is 0 Å². The first-order valence-corrected chi connectivity index (χ1v) is 11.6. The van der Waals surface area contributed by atoms with Crippen LogP contribution in [-0.2, 0) is 5.75 Å². The minimum absolute atomic E-state index is 0.0674. The van der Waals surface area contributed by atoms with Crippen LogP contribution in [0.4, 0.5) is 0 Å². The first-order chi connectivity index (χ1) is 15.1. The van der Waals surface area contributed by atoms with Crippen LogP contribution >= 0.6 is 23.1 Å². The van der Waals surface area contributed by atoms with Gasteiger partial charge >= 0.3 is 0 Å². The molecule has 0 radical (unpaired) electrons. The summed E-state index contributed by atoms with van der Waals surface area (Å²) in [4.78, 5) is 17.6. The maximum Gasteiger partial charge on any atom is 0.258 e. The largest absolute Gasteiger partial charge is 0.270 e. The number of thiazole rings is 1.